The maximum Gasteiger partial charge on any atom is 0.344 e. The lowest BCUT2D eigenvalue weighted by Gasteiger charge is -2.14. The molecule has 5 heteroatoms. The van der Waals surface area contributed by atoms with Gasteiger partial charge in [-0.1, -0.05) is 89.0 Å². The summed E-state index contributed by atoms with van der Waals surface area (Å²) >= 11 is 0. The SMILES string of the molecule is CCCCCCCCCCCCOC(=O)c1ccccc1C(=O)Oc1ccccc1OC(C)C. The number of hydrogen-bond donors (Lipinski definition) is 0. The predicted octanol–water partition coefficient (Wildman–Crippen LogP) is 7.77. The Morgan fingerprint density at radius 3 is 1.76 bits per heavy atom. The molecular formula is C29H40O5. The molecule has 0 aliphatic rings. The van der Waals surface area contributed by atoms with Gasteiger partial charge in [-0.3, -0.25) is 0 Å². The molecule has 2 aromatic rings. The molecule has 0 spiro atoms. The number of para-hydroxylation sites is 2. The maximum absolute atomic E-state index is 12.9. The first-order valence-electron chi connectivity index (χ1n) is 12.8. The Kier molecular flexibility index (Phi) is 12.8. The third-order valence-corrected chi connectivity index (χ3v) is 5.51. The molecule has 0 radical (unpaired) electrons. The molecule has 0 N–H and O–H groups in total. The van der Waals surface area contributed by atoms with Crippen molar-refractivity contribution in [2.45, 2.75) is 91.1 Å². The monoisotopic (exact) mass is 468 g/mol. The average molecular weight is 469 g/mol. The maximum atomic E-state index is 12.9. The van der Waals surface area contributed by atoms with Crippen LogP contribution in [0.15, 0.2) is 48.5 Å². The van der Waals surface area contributed by atoms with Crippen LogP contribution < -0.4 is 9.47 Å². The van der Waals surface area contributed by atoms with E-state index in [1.165, 1.54) is 44.9 Å². The van der Waals surface area contributed by atoms with Gasteiger partial charge in [0, 0.05) is 0 Å². The molecule has 186 valence electrons. The van der Waals surface area contributed by atoms with Crippen molar-refractivity contribution < 1.29 is 23.8 Å². The molecule has 0 aliphatic carbocycles. The van der Waals surface area contributed by atoms with Gasteiger partial charge in [-0.25, -0.2) is 9.59 Å². The molecule has 34 heavy (non-hydrogen) atoms. The Labute approximate surface area is 204 Å². The van der Waals surface area contributed by atoms with Gasteiger partial charge in [0.2, 0.25) is 0 Å². The number of hydrogen-bond acceptors (Lipinski definition) is 5. The van der Waals surface area contributed by atoms with Gasteiger partial charge in [0.25, 0.3) is 0 Å². The molecule has 0 unspecified atom stereocenters. The molecule has 0 aromatic heterocycles. The van der Waals surface area contributed by atoms with Crippen LogP contribution in [0.25, 0.3) is 0 Å². The lowest BCUT2D eigenvalue weighted by Crippen LogP contribution is -2.17. The van der Waals surface area contributed by atoms with Crippen LogP contribution in [0.3, 0.4) is 0 Å². The van der Waals surface area contributed by atoms with Crippen LogP contribution in [0.1, 0.15) is 106 Å². The molecule has 0 amide bonds. The summed E-state index contributed by atoms with van der Waals surface area (Å²) in [5.41, 5.74) is 0.386. The van der Waals surface area contributed by atoms with E-state index in [4.69, 9.17) is 14.2 Å². The lowest BCUT2D eigenvalue weighted by atomic mass is 10.1. The summed E-state index contributed by atoms with van der Waals surface area (Å²) in [4.78, 5) is 25.5. The summed E-state index contributed by atoms with van der Waals surface area (Å²) in [7, 11) is 0. The molecule has 0 heterocycles. The second-order valence-corrected chi connectivity index (χ2v) is 8.87. The zero-order valence-electron chi connectivity index (χ0n) is 21.0. The van der Waals surface area contributed by atoms with Gasteiger partial charge in [-0.15, -0.1) is 0 Å². The van der Waals surface area contributed by atoms with E-state index in [-0.39, 0.29) is 17.2 Å². The van der Waals surface area contributed by atoms with Gasteiger partial charge in [0.15, 0.2) is 11.5 Å². The fourth-order valence-corrected chi connectivity index (χ4v) is 3.71. The van der Waals surface area contributed by atoms with Crippen LogP contribution in [0.5, 0.6) is 11.5 Å². The third-order valence-electron chi connectivity index (χ3n) is 5.51. The van der Waals surface area contributed by atoms with E-state index in [1.807, 2.05) is 19.9 Å². The zero-order chi connectivity index (χ0) is 24.6. The minimum absolute atomic E-state index is 0.0621. The molecule has 0 saturated heterocycles. The van der Waals surface area contributed by atoms with E-state index in [9.17, 15) is 9.59 Å². The summed E-state index contributed by atoms with van der Waals surface area (Å²) in [6.45, 7) is 6.39. The topological polar surface area (TPSA) is 61.8 Å². The number of ether oxygens (including phenoxy) is 3. The van der Waals surface area contributed by atoms with Gasteiger partial charge >= 0.3 is 11.9 Å². The van der Waals surface area contributed by atoms with Crippen LogP contribution in [-0.4, -0.2) is 24.6 Å². The number of unbranched alkanes of at least 4 members (excludes halogenated alkanes) is 9. The number of carbonyl (C=O) groups excluding carboxylic acids is 2. The molecule has 5 nitrogen and oxygen atoms in total. The van der Waals surface area contributed by atoms with Gasteiger partial charge < -0.3 is 14.2 Å². The fourth-order valence-electron chi connectivity index (χ4n) is 3.71. The van der Waals surface area contributed by atoms with Crippen molar-refractivity contribution in [2.75, 3.05) is 6.61 Å². The van der Waals surface area contributed by atoms with Crippen molar-refractivity contribution in [3.8, 4) is 11.5 Å². The zero-order valence-corrected chi connectivity index (χ0v) is 21.0. The van der Waals surface area contributed by atoms with Crippen LogP contribution in [0.2, 0.25) is 0 Å². The standard InChI is InChI=1S/C29H40O5/c1-4-5-6-7-8-9-10-11-12-17-22-32-28(30)24-18-13-14-19-25(24)29(31)34-27-21-16-15-20-26(27)33-23(2)3/h13-16,18-21,23H,4-12,17,22H2,1-3H3. The molecule has 0 fully saturated rings. The lowest BCUT2D eigenvalue weighted by molar-refractivity contribution is 0.0489. The molecule has 2 aromatic carbocycles. The first-order chi connectivity index (χ1) is 16.5. The van der Waals surface area contributed by atoms with E-state index >= 15 is 0 Å². The van der Waals surface area contributed by atoms with Crippen molar-refractivity contribution in [3.05, 3.63) is 59.7 Å². The van der Waals surface area contributed by atoms with Gasteiger partial charge in [0.1, 0.15) is 0 Å². The van der Waals surface area contributed by atoms with Crippen molar-refractivity contribution in [1.82, 2.24) is 0 Å². The molecule has 0 aliphatic heterocycles. The quantitative estimate of drug-likeness (QED) is 0.143. The Hall–Kier alpha value is -2.82. The van der Waals surface area contributed by atoms with E-state index in [0.29, 0.717) is 18.1 Å². The highest BCUT2D eigenvalue weighted by atomic mass is 16.6. The summed E-state index contributed by atoms with van der Waals surface area (Å²) in [6, 6.07) is 13.6. The number of rotatable bonds is 16. The minimum atomic E-state index is -0.619. The second-order valence-electron chi connectivity index (χ2n) is 8.87. The van der Waals surface area contributed by atoms with Crippen molar-refractivity contribution in [3.63, 3.8) is 0 Å². The van der Waals surface area contributed by atoms with Crippen LogP contribution in [0.4, 0.5) is 0 Å². The summed E-state index contributed by atoms with van der Waals surface area (Å²) in [5, 5.41) is 0. The van der Waals surface area contributed by atoms with Crippen LogP contribution >= 0.6 is 0 Å². The van der Waals surface area contributed by atoms with Gasteiger partial charge in [0.05, 0.1) is 23.8 Å². The number of carbonyl (C=O) groups is 2. The van der Waals surface area contributed by atoms with Crippen molar-refractivity contribution in [2.24, 2.45) is 0 Å². The fraction of sp³-hybridized carbons (Fsp3) is 0.517. The smallest absolute Gasteiger partial charge is 0.344 e. The summed E-state index contributed by atoms with van der Waals surface area (Å²) in [6.07, 6.45) is 12.1. The first-order valence-corrected chi connectivity index (χ1v) is 12.8. The Bertz CT molecular complexity index is 874. The van der Waals surface area contributed by atoms with Crippen molar-refractivity contribution >= 4 is 11.9 Å². The van der Waals surface area contributed by atoms with E-state index < -0.39 is 11.9 Å². The number of benzene rings is 2. The predicted molar refractivity (Wildman–Crippen MR) is 136 cm³/mol. The summed E-state index contributed by atoms with van der Waals surface area (Å²) in [5.74, 6) is -0.330. The first kappa shape index (κ1) is 27.4. The van der Waals surface area contributed by atoms with Gasteiger partial charge in [-0.2, -0.15) is 0 Å². The highest BCUT2D eigenvalue weighted by Gasteiger charge is 2.21. The normalized spacial score (nSPS) is 10.8. The molecule has 0 bridgehead atoms. The second kappa shape index (κ2) is 15.9. The Balaban J connectivity index is 1.80. The van der Waals surface area contributed by atoms with Crippen LogP contribution in [-0.2, 0) is 4.74 Å². The number of esters is 2. The molecule has 2 rings (SSSR count). The highest BCUT2D eigenvalue weighted by molar-refractivity contribution is 6.03. The molecular weight excluding hydrogens is 428 g/mol. The average Bonchev–Trinajstić information content (AvgIpc) is 2.83. The Morgan fingerprint density at radius 1 is 0.676 bits per heavy atom. The van der Waals surface area contributed by atoms with Crippen molar-refractivity contribution in [1.29, 1.82) is 0 Å². The molecule has 0 atom stereocenters. The van der Waals surface area contributed by atoms with Gasteiger partial charge in [-0.05, 0) is 44.5 Å². The van der Waals surface area contributed by atoms with E-state index in [1.54, 1.807) is 42.5 Å². The summed E-state index contributed by atoms with van der Waals surface area (Å²) < 4.78 is 16.7. The van der Waals surface area contributed by atoms with E-state index in [0.717, 1.165) is 19.3 Å². The molecule has 0 saturated carbocycles. The largest absolute Gasteiger partial charge is 0.487 e. The van der Waals surface area contributed by atoms with Crippen LogP contribution in [0, 0.1) is 0 Å². The third kappa shape index (κ3) is 9.98. The minimum Gasteiger partial charge on any atom is -0.487 e. The van der Waals surface area contributed by atoms with E-state index in [2.05, 4.69) is 6.92 Å². The highest BCUT2D eigenvalue weighted by Crippen LogP contribution is 2.28. The Morgan fingerprint density at radius 2 is 1.18 bits per heavy atom.